The molecule has 0 nitrogen and oxygen atoms in total. The lowest BCUT2D eigenvalue weighted by Crippen LogP contribution is -2.50. The monoisotopic (exact) mass is 346 g/mol. The Bertz CT molecular complexity index is 381. The van der Waals surface area contributed by atoms with Crippen molar-refractivity contribution in [2.24, 2.45) is 5.41 Å². The van der Waals surface area contributed by atoms with Gasteiger partial charge in [0.05, 0.1) is 0 Å². The van der Waals surface area contributed by atoms with Gasteiger partial charge in [-0.15, -0.1) is 0 Å². The molecule has 0 aliphatic rings. The zero-order chi connectivity index (χ0) is 17.7. The van der Waals surface area contributed by atoms with Crippen LogP contribution < -0.4 is 0 Å². The first kappa shape index (κ1) is 19.8. The van der Waals surface area contributed by atoms with Crippen LogP contribution in [0.25, 0.3) is 0 Å². The Morgan fingerprint density at radius 1 is 0.571 bits per heavy atom. The predicted octanol–water partition coefficient (Wildman–Crippen LogP) is 5.47. The summed E-state index contributed by atoms with van der Waals surface area (Å²) in [6.45, 7) is -1.15. The first-order valence-electron chi connectivity index (χ1n) is 4.46. The summed E-state index contributed by atoms with van der Waals surface area (Å²) < 4.78 is 159. The van der Waals surface area contributed by atoms with E-state index in [1.165, 1.54) is 0 Å². The van der Waals surface area contributed by atoms with Crippen molar-refractivity contribution in [1.29, 1.82) is 0 Å². The molecule has 0 aromatic carbocycles. The highest BCUT2D eigenvalue weighted by Crippen LogP contribution is 2.58. The van der Waals surface area contributed by atoms with Crippen LogP contribution in [-0.2, 0) is 0 Å². The normalized spacial score (nSPS) is 15.1. The van der Waals surface area contributed by atoms with Crippen LogP contribution in [0.3, 0.4) is 0 Å². The summed E-state index contributed by atoms with van der Waals surface area (Å²) in [5, 5.41) is 0. The molecule has 0 aromatic heterocycles. The van der Waals surface area contributed by atoms with Crippen molar-refractivity contribution >= 4 is 0 Å². The van der Waals surface area contributed by atoms with Gasteiger partial charge in [-0.25, -0.2) is 4.39 Å². The minimum Gasteiger partial charge on any atom is -0.210 e. The molecule has 0 aliphatic heterocycles. The second kappa shape index (κ2) is 4.93. The number of hydrogen-bond donors (Lipinski definition) is 0. The molecule has 0 heterocycles. The quantitative estimate of drug-likeness (QED) is 0.553. The molecule has 0 spiro atoms. The second-order valence-electron chi connectivity index (χ2n) is 3.81. The fraction of sp³-hybridized carbons (Fsp3) is 0.750. The smallest absolute Gasteiger partial charge is 0.210 e. The molecule has 13 heteroatoms. The molecule has 0 saturated heterocycles. The molecule has 0 radical (unpaired) electrons. The number of allylic oxidation sites excluding steroid dienone is 2. The molecule has 0 rings (SSSR count). The number of alkyl halides is 12. The number of rotatable bonds is 1. The van der Waals surface area contributed by atoms with Crippen molar-refractivity contribution in [1.82, 2.24) is 0 Å². The van der Waals surface area contributed by atoms with E-state index in [2.05, 4.69) is 0 Å². The minimum absolute atomic E-state index is 1.15. The second-order valence-corrected chi connectivity index (χ2v) is 3.81. The van der Waals surface area contributed by atoms with E-state index in [1.54, 1.807) is 0 Å². The summed E-state index contributed by atoms with van der Waals surface area (Å²) in [6, 6.07) is 0. The predicted molar refractivity (Wildman–Crippen MR) is 40.5 cm³/mol. The Kier molecular flexibility index (Phi) is 4.66. The maximum atomic E-state index is 13.1. The molecule has 0 fully saturated rings. The van der Waals surface area contributed by atoms with Crippen LogP contribution in [0.15, 0.2) is 11.4 Å². The lowest BCUT2D eigenvalue weighted by atomic mass is 9.84. The SMILES string of the molecule is CC(C(F)=C(C(F)(F)F)C(F)(F)F)(C(F)(F)F)C(F)(F)F. The van der Waals surface area contributed by atoms with Gasteiger partial charge in [0.15, 0.2) is 5.57 Å². The van der Waals surface area contributed by atoms with Gasteiger partial charge >= 0.3 is 24.7 Å². The zero-order valence-corrected chi connectivity index (χ0v) is 9.41. The molecule has 0 saturated carbocycles. The van der Waals surface area contributed by atoms with Crippen LogP contribution in [0.1, 0.15) is 6.92 Å². The van der Waals surface area contributed by atoms with Crippen molar-refractivity contribution in [3.63, 3.8) is 0 Å². The first-order valence-corrected chi connectivity index (χ1v) is 4.46. The Morgan fingerprint density at radius 3 is 0.952 bits per heavy atom. The van der Waals surface area contributed by atoms with Gasteiger partial charge in [0.25, 0.3) is 0 Å². The molecule has 0 atom stereocenters. The van der Waals surface area contributed by atoms with E-state index < -0.39 is 48.4 Å². The third-order valence-electron chi connectivity index (χ3n) is 2.36. The van der Waals surface area contributed by atoms with Gasteiger partial charge in [0, 0.05) is 0 Å². The molecule has 0 amide bonds. The number of hydrogen-bond acceptors (Lipinski definition) is 0. The fourth-order valence-electron chi connectivity index (χ4n) is 1.07. The summed E-state index contributed by atoms with van der Waals surface area (Å²) in [6.07, 6.45) is -27.2. The average molecular weight is 346 g/mol. The third kappa shape index (κ3) is 3.54. The van der Waals surface area contributed by atoms with Crippen molar-refractivity contribution in [3.05, 3.63) is 11.4 Å². The van der Waals surface area contributed by atoms with Crippen molar-refractivity contribution < 1.29 is 57.1 Å². The first-order chi connectivity index (χ1) is 8.78. The molecule has 0 aliphatic carbocycles. The van der Waals surface area contributed by atoms with Gasteiger partial charge < -0.3 is 0 Å². The summed E-state index contributed by atoms with van der Waals surface area (Å²) in [5.74, 6) is -4.41. The Hall–Kier alpha value is -1.17. The van der Waals surface area contributed by atoms with E-state index >= 15 is 0 Å². The number of halogens is 13. The summed E-state index contributed by atoms with van der Waals surface area (Å²) in [4.78, 5) is 0. The molecule has 0 bridgehead atoms. The Morgan fingerprint density at radius 2 is 0.810 bits per heavy atom. The van der Waals surface area contributed by atoms with Crippen LogP contribution in [0.5, 0.6) is 0 Å². The van der Waals surface area contributed by atoms with Gasteiger partial charge in [-0.05, 0) is 6.92 Å². The van der Waals surface area contributed by atoms with E-state index in [1.807, 2.05) is 0 Å². The highest BCUT2D eigenvalue weighted by molar-refractivity contribution is 5.27. The topological polar surface area (TPSA) is 0 Å². The van der Waals surface area contributed by atoms with Gasteiger partial charge in [0.2, 0.25) is 5.41 Å². The summed E-state index contributed by atoms with van der Waals surface area (Å²) in [5.41, 5.74) is -10.5. The van der Waals surface area contributed by atoms with Crippen molar-refractivity contribution in [2.75, 3.05) is 0 Å². The van der Waals surface area contributed by atoms with Crippen molar-refractivity contribution in [2.45, 2.75) is 31.6 Å². The van der Waals surface area contributed by atoms with Crippen LogP contribution in [0, 0.1) is 5.41 Å². The van der Waals surface area contributed by atoms with E-state index in [0.29, 0.717) is 0 Å². The van der Waals surface area contributed by atoms with Gasteiger partial charge in [-0.1, -0.05) is 0 Å². The van der Waals surface area contributed by atoms with Gasteiger partial charge in [0.1, 0.15) is 5.83 Å². The zero-order valence-electron chi connectivity index (χ0n) is 9.41. The van der Waals surface area contributed by atoms with Gasteiger partial charge in [-0.2, -0.15) is 52.7 Å². The van der Waals surface area contributed by atoms with Crippen LogP contribution >= 0.6 is 0 Å². The third-order valence-corrected chi connectivity index (χ3v) is 2.36. The summed E-state index contributed by atoms with van der Waals surface area (Å²) >= 11 is 0. The van der Waals surface area contributed by atoms with Crippen molar-refractivity contribution in [3.8, 4) is 0 Å². The molecule has 0 aromatic rings. The largest absolute Gasteiger partial charge is 0.423 e. The summed E-state index contributed by atoms with van der Waals surface area (Å²) in [7, 11) is 0. The van der Waals surface area contributed by atoms with Crippen LogP contribution in [0.2, 0.25) is 0 Å². The lowest BCUT2D eigenvalue weighted by molar-refractivity contribution is -0.326. The van der Waals surface area contributed by atoms with Crippen LogP contribution in [-0.4, -0.2) is 24.7 Å². The van der Waals surface area contributed by atoms with E-state index in [-0.39, 0.29) is 0 Å². The van der Waals surface area contributed by atoms with E-state index in [9.17, 15) is 57.1 Å². The fourth-order valence-corrected chi connectivity index (χ4v) is 1.07. The maximum absolute atomic E-state index is 13.1. The van der Waals surface area contributed by atoms with E-state index in [4.69, 9.17) is 0 Å². The Balaban J connectivity index is 6.73. The molecule has 0 unspecified atom stereocenters. The van der Waals surface area contributed by atoms with Gasteiger partial charge in [-0.3, -0.25) is 0 Å². The molecule has 21 heavy (non-hydrogen) atoms. The van der Waals surface area contributed by atoms with Crippen LogP contribution in [0.4, 0.5) is 57.1 Å². The van der Waals surface area contributed by atoms with E-state index in [0.717, 1.165) is 0 Å². The standard InChI is InChI=1S/C8H3F13/c1-4(7(16,17)18,8(19,20)21)3(9)2(5(10,11)12)6(13,14)15/h1H3. The maximum Gasteiger partial charge on any atom is 0.423 e. The molecule has 0 N–H and O–H groups in total. The molecular weight excluding hydrogens is 343 g/mol. The highest BCUT2D eigenvalue weighted by Gasteiger charge is 2.73. The molecule has 126 valence electrons. The highest BCUT2D eigenvalue weighted by atomic mass is 19.4. The minimum atomic E-state index is -6.81. The Labute approximate surface area is 107 Å². The average Bonchev–Trinajstić information content (AvgIpc) is 2.07. The molecular formula is C8H3F13. The lowest BCUT2D eigenvalue weighted by Gasteiger charge is -2.34.